The Morgan fingerprint density at radius 1 is 1.22 bits per heavy atom. The minimum absolute atomic E-state index is 0.0246. The SMILES string of the molecule is CC(C)COP(=O)(CCC(N)=NO)OCC(C)C. The molecule has 7 heteroatoms. The van der Waals surface area contributed by atoms with Crippen molar-refractivity contribution in [2.24, 2.45) is 22.7 Å². The van der Waals surface area contributed by atoms with Crippen LogP contribution in [0.25, 0.3) is 0 Å². The number of nitrogens with zero attached hydrogens (tertiary/aromatic N) is 1. The van der Waals surface area contributed by atoms with E-state index in [-0.39, 0.29) is 30.3 Å². The molecule has 0 spiro atoms. The van der Waals surface area contributed by atoms with E-state index in [9.17, 15) is 4.57 Å². The monoisotopic (exact) mass is 280 g/mol. The maximum Gasteiger partial charge on any atom is 0.331 e. The second-order valence-corrected chi connectivity index (χ2v) is 7.24. The normalized spacial score (nSPS) is 13.6. The van der Waals surface area contributed by atoms with Crippen LogP contribution < -0.4 is 5.73 Å². The zero-order valence-corrected chi connectivity index (χ0v) is 12.5. The molecule has 0 aromatic rings. The van der Waals surface area contributed by atoms with Crippen LogP contribution >= 0.6 is 7.60 Å². The lowest BCUT2D eigenvalue weighted by Gasteiger charge is -2.20. The Balaban J connectivity index is 4.43. The maximum atomic E-state index is 12.4. The molecule has 0 unspecified atom stereocenters. The third kappa shape index (κ3) is 8.50. The molecular formula is C11H25N2O4P. The Kier molecular flexibility index (Phi) is 8.24. The summed E-state index contributed by atoms with van der Waals surface area (Å²) < 4.78 is 23.2. The average molecular weight is 280 g/mol. The van der Waals surface area contributed by atoms with E-state index in [1.807, 2.05) is 27.7 Å². The summed E-state index contributed by atoms with van der Waals surface area (Å²) in [7, 11) is -3.17. The first-order valence-corrected chi connectivity index (χ1v) is 7.86. The molecule has 0 fully saturated rings. The van der Waals surface area contributed by atoms with Gasteiger partial charge in [0, 0.05) is 6.42 Å². The fraction of sp³-hybridized carbons (Fsp3) is 0.909. The predicted octanol–water partition coefficient (Wildman–Crippen LogP) is 2.66. The van der Waals surface area contributed by atoms with Crippen LogP contribution in [0.3, 0.4) is 0 Å². The minimum atomic E-state index is -3.17. The number of nitrogens with two attached hydrogens (primary N) is 1. The molecule has 0 radical (unpaired) electrons. The molecule has 0 bridgehead atoms. The molecule has 0 heterocycles. The molecule has 0 aromatic carbocycles. The molecule has 0 aliphatic carbocycles. The van der Waals surface area contributed by atoms with Crippen LogP contribution in [-0.2, 0) is 13.6 Å². The summed E-state index contributed by atoms with van der Waals surface area (Å²) in [4.78, 5) is 0. The molecular weight excluding hydrogens is 255 g/mol. The summed E-state index contributed by atoms with van der Waals surface area (Å²) in [5, 5.41) is 11.3. The van der Waals surface area contributed by atoms with E-state index in [1.165, 1.54) is 0 Å². The first kappa shape index (κ1) is 17.4. The number of amidine groups is 1. The van der Waals surface area contributed by atoms with Crippen LogP contribution in [0.5, 0.6) is 0 Å². The molecule has 0 aromatic heterocycles. The van der Waals surface area contributed by atoms with Crippen molar-refractivity contribution in [2.75, 3.05) is 19.4 Å². The lowest BCUT2D eigenvalue weighted by Crippen LogP contribution is -2.16. The lowest BCUT2D eigenvalue weighted by atomic mass is 10.2. The van der Waals surface area contributed by atoms with E-state index in [2.05, 4.69) is 5.16 Å². The van der Waals surface area contributed by atoms with Crippen molar-refractivity contribution in [2.45, 2.75) is 34.1 Å². The van der Waals surface area contributed by atoms with Gasteiger partial charge in [0.2, 0.25) is 0 Å². The Morgan fingerprint density at radius 3 is 2.00 bits per heavy atom. The van der Waals surface area contributed by atoms with Crippen molar-refractivity contribution in [3.63, 3.8) is 0 Å². The minimum Gasteiger partial charge on any atom is -0.409 e. The highest BCUT2D eigenvalue weighted by Crippen LogP contribution is 2.49. The second kappa shape index (κ2) is 8.51. The summed E-state index contributed by atoms with van der Waals surface area (Å²) in [5.74, 6) is 0.561. The van der Waals surface area contributed by atoms with Crippen LogP contribution in [0.1, 0.15) is 34.1 Å². The Hall–Kier alpha value is -0.580. The van der Waals surface area contributed by atoms with Gasteiger partial charge in [-0.05, 0) is 11.8 Å². The van der Waals surface area contributed by atoms with Gasteiger partial charge in [-0.3, -0.25) is 4.57 Å². The third-order valence-corrected chi connectivity index (χ3v) is 3.84. The summed E-state index contributed by atoms with van der Waals surface area (Å²) in [6, 6.07) is 0. The highest BCUT2D eigenvalue weighted by Gasteiger charge is 2.25. The number of hydrogen-bond donors (Lipinski definition) is 2. The van der Waals surface area contributed by atoms with E-state index < -0.39 is 7.60 Å². The average Bonchev–Trinajstić information content (AvgIpc) is 2.31. The maximum absolute atomic E-state index is 12.4. The molecule has 0 saturated heterocycles. The van der Waals surface area contributed by atoms with Crippen LogP contribution in [-0.4, -0.2) is 30.4 Å². The predicted molar refractivity (Wildman–Crippen MR) is 72.1 cm³/mol. The van der Waals surface area contributed by atoms with Gasteiger partial charge in [0.1, 0.15) is 5.84 Å². The molecule has 0 rings (SSSR count). The number of hydrogen-bond acceptors (Lipinski definition) is 5. The summed E-state index contributed by atoms with van der Waals surface area (Å²) in [6.45, 7) is 8.61. The molecule has 108 valence electrons. The van der Waals surface area contributed by atoms with Gasteiger partial charge in [-0.15, -0.1) is 0 Å². The Labute approximate surface area is 109 Å². The van der Waals surface area contributed by atoms with Crippen molar-refractivity contribution < 1.29 is 18.8 Å². The van der Waals surface area contributed by atoms with Gasteiger partial charge in [0.25, 0.3) is 0 Å². The highest BCUT2D eigenvalue weighted by atomic mass is 31.2. The first-order valence-electron chi connectivity index (χ1n) is 6.13. The van der Waals surface area contributed by atoms with E-state index in [0.717, 1.165) is 0 Å². The van der Waals surface area contributed by atoms with Crippen molar-refractivity contribution in [3.05, 3.63) is 0 Å². The molecule has 0 aliphatic heterocycles. The smallest absolute Gasteiger partial charge is 0.331 e. The van der Waals surface area contributed by atoms with E-state index >= 15 is 0 Å². The number of rotatable bonds is 9. The van der Waals surface area contributed by atoms with Crippen LogP contribution in [0.15, 0.2) is 5.16 Å². The van der Waals surface area contributed by atoms with Gasteiger partial charge >= 0.3 is 7.60 Å². The summed E-state index contributed by atoms with van der Waals surface area (Å²) in [5.41, 5.74) is 5.36. The topological polar surface area (TPSA) is 94.1 Å². The molecule has 6 nitrogen and oxygen atoms in total. The fourth-order valence-electron chi connectivity index (χ4n) is 0.993. The van der Waals surface area contributed by atoms with Crippen molar-refractivity contribution >= 4 is 13.4 Å². The van der Waals surface area contributed by atoms with Gasteiger partial charge in [0.05, 0.1) is 19.4 Å². The van der Waals surface area contributed by atoms with Crippen LogP contribution in [0.2, 0.25) is 0 Å². The number of oxime groups is 1. The van der Waals surface area contributed by atoms with Gasteiger partial charge < -0.3 is 20.0 Å². The molecule has 18 heavy (non-hydrogen) atoms. The highest BCUT2D eigenvalue weighted by molar-refractivity contribution is 7.53. The Bertz CT molecular complexity index is 289. The van der Waals surface area contributed by atoms with Crippen molar-refractivity contribution in [1.29, 1.82) is 0 Å². The zero-order valence-electron chi connectivity index (χ0n) is 11.6. The van der Waals surface area contributed by atoms with Gasteiger partial charge in [-0.2, -0.15) is 0 Å². The van der Waals surface area contributed by atoms with Gasteiger partial charge in [-0.25, -0.2) is 0 Å². The van der Waals surface area contributed by atoms with Crippen LogP contribution in [0.4, 0.5) is 0 Å². The van der Waals surface area contributed by atoms with E-state index in [1.54, 1.807) is 0 Å². The van der Waals surface area contributed by atoms with Crippen molar-refractivity contribution in [3.8, 4) is 0 Å². The quantitative estimate of drug-likeness (QED) is 0.222. The standard InChI is InChI=1S/C11H25N2O4P/c1-9(2)7-16-18(15,17-8-10(3)4)6-5-11(12)13-14/h9-10,14H,5-8H2,1-4H3,(H2,12,13). The van der Waals surface area contributed by atoms with Gasteiger partial charge in [-0.1, -0.05) is 32.9 Å². The molecule has 0 amide bonds. The summed E-state index contributed by atoms with van der Waals surface area (Å²) >= 11 is 0. The first-order chi connectivity index (χ1) is 8.29. The molecule has 0 atom stereocenters. The fourth-order valence-corrected chi connectivity index (χ4v) is 2.88. The molecule has 0 saturated carbocycles. The zero-order chi connectivity index (χ0) is 14.2. The second-order valence-electron chi connectivity index (χ2n) is 5.06. The third-order valence-electron chi connectivity index (χ3n) is 1.98. The molecule has 0 aliphatic rings. The summed E-state index contributed by atoms with van der Waals surface area (Å²) in [6.07, 6.45) is 0.312. The van der Waals surface area contributed by atoms with E-state index in [0.29, 0.717) is 13.2 Å². The van der Waals surface area contributed by atoms with Crippen molar-refractivity contribution in [1.82, 2.24) is 0 Å². The van der Waals surface area contributed by atoms with Gasteiger partial charge in [0.15, 0.2) is 0 Å². The molecule has 3 N–H and O–H groups in total. The lowest BCUT2D eigenvalue weighted by molar-refractivity contribution is 0.173. The largest absolute Gasteiger partial charge is 0.409 e. The Morgan fingerprint density at radius 2 is 1.67 bits per heavy atom. The van der Waals surface area contributed by atoms with Crippen LogP contribution in [0, 0.1) is 11.8 Å². The van der Waals surface area contributed by atoms with E-state index in [4.69, 9.17) is 20.0 Å².